The molecule has 2 unspecified atom stereocenters. The Morgan fingerprint density at radius 1 is 1.00 bits per heavy atom. The van der Waals surface area contributed by atoms with E-state index in [4.69, 9.17) is 9.47 Å². The van der Waals surface area contributed by atoms with Crippen LogP contribution in [0.15, 0.2) is 88.1 Å². The topological polar surface area (TPSA) is 168 Å². The van der Waals surface area contributed by atoms with Crippen LogP contribution in [0, 0.1) is 0 Å². The summed E-state index contributed by atoms with van der Waals surface area (Å²) in [6.07, 6.45) is 0.602. The maximum absolute atomic E-state index is 13.5. The Kier molecular flexibility index (Phi) is 10.4. The number of pyridine rings is 1. The predicted molar refractivity (Wildman–Crippen MR) is 178 cm³/mol. The number of carbonyl (C=O) groups is 2. The first-order valence-corrected chi connectivity index (χ1v) is 18.0. The largest absolute Gasteiger partial charge is 0.486 e. The van der Waals surface area contributed by atoms with Crippen molar-refractivity contribution in [3.05, 3.63) is 90.1 Å². The number of rotatable bonds is 12. The van der Waals surface area contributed by atoms with Gasteiger partial charge >= 0.3 is 0 Å². The first-order valence-electron chi connectivity index (χ1n) is 14.9. The second kappa shape index (κ2) is 14.8. The molecule has 4 aromatic rings. The maximum Gasteiger partial charge on any atom is 0.251 e. The molecule has 0 aliphatic carbocycles. The van der Waals surface area contributed by atoms with E-state index >= 15 is 0 Å². The van der Waals surface area contributed by atoms with Crippen LogP contribution in [-0.4, -0.2) is 74.8 Å². The lowest BCUT2D eigenvalue weighted by atomic mass is 9.99. The van der Waals surface area contributed by atoms with Crippen molar-refractivity contribution in [2.75, 3.05) is 26.3 Å². The Labute approximate surface area is 280 Å². The van der Waals surface area contributed by atoms with Crippen molar-refractivity contribution >= 4 is 45.1 Å². The third kappa shape index (κ3) is 8.12. The van der Waals surface area contributed by atoms with Crippen LogP contribution < -0.4 is 29.6 Å². The van der Waals surface area contributed by atoms with E-state index in [1.807, 2.05) is 48.5 Å². The minimum absolute atomic E-state index is 0.0761. The fourth-order valence-electron chi connectivity index (χ4n) is 5.14. The zero-order chi connectivity index (χ0) is 32.8. The van der Waals surface area contributed by atoms with Crippen LogP contribution in [0.3, 0.4) is 0 Å². The van der Waals surface area contributed by atoms with Crippen molar-refractivity contribution in [3.63, 3.8) is 0 Å². The lowest BCUT2D eigenvalue weighted by Gasteiger charge is -2.30. The number of aromatic nitrogens is 1. The molecule has 15 heteroatoms. The van der Waals surface area contributed by atoms with Gasteiger partial charge in [0.05, 0.1) is 16.6 Å². The summed E-state index contributed by atoms with van der Waals surface area (Å²) in [4.78, 5) is 32.4. The molecule has 3 atom stereocenters. The van der Waals surface area contributed by atoms with Gasteiger partial charge in [-0.25, -0.2) is 17.9 Å². The molecule has 5 N–H and O–H groups in total. The van der Waals surface area contributed by atoms with Crippen molar-refractivity contribution in [3.8, 4) is 22.1 Å². The summed E-state index contributed by atoms with van der Waals surface area (Å²) in [7, 11) is -3.83. The highest BCUT2D eigenvalue weighted by Crippen LogP contribution is 2.39. The molecule has 0 fully saturated rings. The molecule has 4 heterocycles. The van der Waals surface area contributed by atoms with Crippen molar-refractivity contribution in [2.45, 2.75) is 40.1 Å². The van der Waals surface area contributed by atoms with Gasteiger partial charge in [0.1, 0.15) is 23.5 Å². The molecule has 12 nitrogen and oxygen atoms in total. The van der Waals surface area contributed by atoms with Gasteiger partial charge < -0.3 is 25.2 Å². The van der Waals surface area contributed by atoms with Gasteiger partial charge in [-0.05, 0) is 72.3 Å². The van der Waals surface area contributed by atoms with Crippen LogP contribution in [-0.2, 0) is 32.5 Å². The fraction of sp³-hybridized carbons (Fsp3) is 0.281. The van der Waals surface area contributed by atoms with Gasteiger partial charge in [0.2, 0.25) is 15.9 Å². The molecular weight excluding hydrogens is 663 g/mol. The molecule has 2 aromatic heterocycles. The number of amides is 2. The Hall–Kier alpha value is -3.99. The first kappa shape index (κ1) is 32.9. The van der Waals surface area contributed by atoms with Crippen LogP contribution >= 0.6 is 23.3 Å². The molecule has 0 saturated heterocycles. The van der Waals surface area contributed by atoms with Crippen LogP contribution in [0.1, 0.15) is 11.1 Å². The predicted octanol–water partition coefficient (Wildman–Crippen LogP) is 2.29. The van der Waals surface area contributed by atoms with Gasteiger partial charge in [0, 0.05) is 24.2 Å². The third-order valence-electron chi connectivity index (χ3n) is 7.53. The average molecular weight is 696 g/mol. The summed E-state index contributed by atoms with van der Waals surface area (Å²) in [5, 5.41) is 16.5. The maximum atomic E-state index is 13.5. The van der Waals surface area contributed by atoms with Gasteiger partial charge in [-0.3, -0.25) is 14.6 Å². The van der Waals surface area contributed by atoms with E-state index in [1.54, 1.807) is 24.4 Å². The average Bonchev–Trinajstić information content (AvgIpc) is 3.61. The summed E-state index contributed by atoms with van der Waals surface area (Å²) in [6, 6.07) is 20.0. The number of nitrogens with one attached hydrogen (secondary N) is 4. The number of thiophene rings is 1. The van der Waals surface area contributed by atoms with Gasteiger partial charge in [-0.2, -0.15) is 0 Å². The number of ether oxygens (including phenoxy) is 2. The molecule has 2 amide bonds. The highest BCUT2D eigenvalue weighted by Gasteiger charge is 2.33. The number of sulfonamides is 1. The summed E-state index contributed by atoms with van der Waals surface area (Å²) < 4.78 is 42.8. The number of hydrogen-bond donors (Lipinski definition) is 5. The molecular formula is C32H33N5O7S3. The second-order valence-corrected chi connectivity index (χ2v) is 14.8. The standard InChI is InChI=1S/C32H33N5O7S3/c38-30(32(40)34-12-13-35-47(41,42)29-10-9-27(45-29)22-8-4-5-11-33-22)23(16-20-6-2-1-3-7-20)36-31(39)24-17-21-18-25-26(44-15-14-43-25)19-28(21)46-37-24/h1-11,18-19,23-24,30,35,37-38H,12-17H2,(H,34,40)(H,36,39)/t23-,24?,30?/m0/s1. The van der Waals surface area contributed by atoms with E-state index in [1.165, 1.54) is 18.0 Å². The van der Waals surface area contributed by atoms with E-state index in [0.29, 0.717) is 41.7 Å². The van der Waals surface area contributed by atoms with Crippen LogP contribution in [0.25, 0.3) is 10.6 Å². The van der Waals surface area contributed by atoms with Gasteiger partial charge in [-0.15, -0.1) is 11.3 Å². The quantitative estimate of drug-likeness (QED) is 0.110. The minimum Gasteiger partial charge on any atom is -0.486 e. The third-order valence-corrected chi connectivity index (χ3v) is 11.6. The fourth-order valence-corrected chi connectivity index (χ4v) is 8.40. The molecule has 2 aromatic carbocycles. The molecule has 6 rings (SSSR count). The molecule has 0 bridgehead atoms. The lowest BCUT2D eigenvalue weighted by Crippen LogP contribution is -2.56. The van der Waals surface area contributed by atoms with Crippen molar-refractivity contribution in [1.29, 1.82) is 0 Å². The SMILES string of the molecule is O=C(N[C@@H](Cc1ccccc1)C(O)C(=O)NCCNS(=O)(=O)c1ccc(-c2ccccn2)s1)C1Cc2cc3c(cc2SN1)OCCO3. The van der Waals surface area contributed by atoms with E-state index in [-0.39, 0.29) is 29.6 Å². The monoisotopic (exact) mass is 695 g/mol. The number of aliphatic hydroxyl groups excluding tert-OH is 1. The normalized spacial score (nSPS) is 16.8. The highest BCUT2D eigenvalue weighted by molar-refractivity contribution is 7.97. The number of carbonyl (C=O) groups excluding carboxylic acids is 2. The number of aliphatic hydroxyl groups is 1. The molecule has 2 aliphatic heterocycles. The smallest absolute Gasteiger partial charge is 0.251 e. The Morgan fingerprint density at radius 3 is 2.53 bits per heavy atom. The van der Waals surface area contributed by atoms with Gasteiger partial charge in [-0.1, -0.05) is 36.4 Å². The van der Waals surface area contributed by atoms with Crippen LogP contribution in [0.2, 0.25) is 0 Å². The van der Waals surface area contributed by atoms with Crippen LogP contribution in [0.5, 0.6) is 11.5 Å². The van der Waals surface area contributed by atoms with Crippen LogP contribution in [0.4, 0.5) is 0 Å². The Balaban J connectivity index is 1.05. The first-order chi connectivity index (χ1) is 22.8. The molecule has 0 radical (unpaired) electrons. The minimum atomic E-state index is -3.83. The summed E-state index contributed by atoms with van der Waals surface area (Å²) in [5.74, 6) is 0.189. The molecule has 0 saturated carbocycles. The number of benzene rings is 2. The van der Waals surface area contributed by atoms with E-state index < -0.39 is 34.1 Å². The molecule has 0 spiro atoms. The van der Waals surface area contributed by atoms with E-state index in [0.717, 1.165) is 27.4 Å². The van der Waals surface area contributed by atoms with Crippen molar-refractivity contribution in [2.24, 2.45) is 0 Å². The Bertz CT molecular complexity index is 1820. The zero-order valence-corrected chi connectivity index (χ0v) is 27.5. The van der Waals surface area contributed by atoms with Crippen molar-refractivity contribution in [1.82, 2.24) is 25.1 Å². The van der Waals surface area contributed by atoms with Gasteiger partial charge in [0.25, 0.3) is 5.91 Å². The van der Waals surface area contributed by atoms with Crippen molar-refractivity contribution < 1.29 is 32.6 Å². The second-order valence-electron chi connectivity index (χ2n) is 10.9. The summed E-state index contributed by atoms with van der Waals surface area (Å²) in [6.45, 7) is 0.754. The molecule has 246 valence electrons. The molecule has 2 aliphatic rings. The van der Waals surface area contributed by atoms with E-state index in [2.05, 4.69) is 25.1 Å². The number of fused-ring (bicyclic) bond motifs is 2. The summed E-state index contributed by atoms with van der Waals surface area (Å²) in [5.41, 5.74) is 2.41. The van der Waals surface area contributed by atoms with Gasteiger partial charge in [0.15, 0.2) is 17.6 Å². The number of hydrogen-bond acceptors (Lipinski definition) is 11. The zero-order valence-electron chi connectivity index (χ0n) is 25.0. The highest BCUT2D eigenvalue weighted by atomic mass is 32.2. The molecule has 47 heavy (non-hydrogen) atoms. The van der Waals surface area contributed by atoms with E-state index in [9.17, 15) is 23.1 Å². The number of nitrogens with zero attached hydrogens (tertiary/aromatic N) is 1. The summed E-state index contributed by atoms with van der Waals surface area (Å²) >= 11 is 2.40. The lowest BCUT2D eigenvalue weighted by molar-refractivity contribution is -0.132. The Morgan fingerprint density at radius 2 is 1.77 bits per heavy atom.